The van der Waals surface area contributed by atoms with Gasteiger partial charge in [0.25, 0.3) is 0 Å². The minimum Gasteiger partial charge on any atom is -0.467 e. The van der Waals surface area contributed by atoms with Gasteiger partial charge in [0.05, 0.1) is 7.11 Å². The Balaban J connectivity index is 3.00. The third-order valence-electron chi connectivity index (χ3n) is 2.95. The van der Waals surface area contributed by atoms with Crippen LogP contribution >= 0.6 is 0 Å². The molecule has 0 aliphatic heterocycles. The Labute approximate surface area is 101 Å². The second kappa shape index (κ2) is 5.48. The Kier molecular flexibility index (Phi) is 4.26. The number of amides is 1. The molecule has 1 amide bonds. The minimum atomic E-state index is -0.974. The number of ether oxygens (including phenoxy) is 1. The summed E-state index contributed by atoms with van der Waals surface area (Å²) in [7, 11) is 2.90. The zero-order valence-electron chi connectivity index (χ0n) is 10.3. The molecule has 1 aromatic carbocycles. The number of hydrogen-bond donors (Lipinski definition) is 0. The zero-order chi connectivity index (χ0) is 12.9. The first kappa shape index (κ1) is 13.2. The van der Waals surface area contributed by atoms with Crippen LogP contribution in [0.2, 0.25) is 0 Å². The fraction of sp³-hybridized carbons (Fsp3) is 0.385. The SMILES string of the molecule is COC(=O)C(C)(Cc1ccccc1)N(C)C=O. The predicted molar refractivity (Wildman–Crippen MR) is 64.4 cm³/mol. The first-order valence-electron chi connectivity index (χ1n) is 5.35. The number of nitrogens with zero attached hydrogens (tertiary/aromatic N) is 1. The highest BCUT2D eigenvalue weighted by Gasteiger charge is 2.38. The molecule has 0 heterocycles. The third kappa shape index (κ3) is 2.84. The zero-order valence-corrected chi connectivity index (χ0v) is 10.3. The first-order chi connectivity index (χ1) is 8.04. The van der Waals surface area contributed by atoms with Gasteiger partial charge in [0.15, 0.2) is 0 Å². The summed E-state index contributed by atoms with van der Waals surface area (Å²) in [6.07, 6.45) is 1.07. The van der Waals surface area contributed by atoms with Crippen LogP contribution in [-0.4, -0.2) is 37.0 Å². The van der Waals surface area contributed by atoms with Gasteiger partial charge in [-0.3, -0.25) is 4.79 Å². The summed E-state index contributed by atoms with van der Waals surface area (Å²) in [5.41, 5.74) is 0.00630. The van der Waals surface area contributed by atoms with Gasteiger partial charge in [-0.15, -0.1) is 0 Å². The largest absolute Gasteiger partial charge is 0.467 e. The summed E-state index contributed by atoms with van der Waals surface area (Å²) < 4.78 is 4.77. The van der Waals surface area contributed by atoms with Crippen molar-refractivity contribution in [3.8, 4) is 0 Å². The monoisotopic (exact) mass is 235 g/mol. The maximum absolute atomic E-state index is 11.8. The van der Waals surface area contributed by atoms with E-state index in [1.807, 2.05) is 30.3 Å². The van der Waals surface area contributed by atoms with Crippen LogP contribution in [0.25, 0.3) is 0 Å². The summed E-state index contributed by atoms with van der Waals surface area (Å²) >= 11 is 0. The van der Waals surface area contributed by atoms with Crippen LogP contribution < -0.4 is 0 Å². The van der Waals surface area contributed by atoms with Crippen LogP contribution in [0.1, 0.15) is 12.5 Å². The van der Waals surface area contributed by atoms with Crippen molar-refractivity contribution < 1.29 is 14.3 Å². The molecule has 0 saturated heterocycles. The molecule has 4 nitrogen and oxygen atoms in total. The smallest absolute Gasteiger partial charge is 0.331 e. The lowest BCUT2D eigenvalue weighted by atomic mass is 9.91. The Morgan fingerprint density at radius 2 is 2.00 bits per heavy atom. The van der Waals surface area contributed by atoms with Crippen molar-refractivity contribution in [2.45, 2.75) is 18.9 Å². The average molecular weight is 235 g/mol. The van der Waals surface area contributed by atoms with Crippen molar-refractivity contribution in [2.75, 3.05) is 14.2 Å². The van der Waals surface area contributed by atoms with E-state index in [2.05, 4.69) is 0 Å². The van der Waals surface area contributed by atoms with Gasteiger partial charge in [0, 0.05) is 13.5 Å². The maximum Gasteiger partial charge on any atom is 0.331 e. The van der Waals surface area contributed by atoms with E-state index in [1.165, 1.54) is 12.0 Å². The number of likely N-dealkylation sites (N-methyl/N-ethyl adjacent to an activating group) is 1. The van der Waals surface area contributed by atoms with Gasteiger partial charge in [-0.25, -0.2) is 4.79 Å². The van der Waals surface area contributed by atoms with Crippen LogP contribution in [0, 0.1) is 0 Å². The summed E-state index contributed by atoms with van der Waals surface area (Å²) in [6, 6.07) is 9.53. The lowest BCUT2D eigenvalue weighted by molar-refractivity contribution is -0.156. The highest BCUT2D eigenvalue weighted by molar-refractivity contribution is 5.83. The van der Waals surface area contributed by atoms with Gasteiger partial charge < -0.3 is 9.64 Å². The molecule has 0 spiro atoms. The maximum atomic E-state index is 11.8. The van der Waals surface area contributed by atoms with Crippen molar-refractivity contribution >= 4 is 12.4 Å². The van der Waals surface area contributed by atoms with E-state index in [9.17, 15) is 9.59 Å². The van der Waals surface area contributed by atoms with Gasteiger partial charge in [-0.1, -0.05) is 30.3 Å². The van der Waals surface area contributed by atoms with E-state index < -0.39 is 11.5 Å². The third-order valence-corrected chi connectivity index (χ3v) is 2.95. The summed E-state index contributed by atoms with van der Waals surface area (Å²) in [5, 5.41) is 0. The molecule has 0 fully saturated rings. The molecule has 0 aromatic heterocycles. The number of carbonyl (C=O) groups is 2. The number of esters is 1. The normalized spacial score (nSPS) is 13.6. The molecule has 1 unspecified atom stereocenters. The van der Waals surface area contributed by atoms with E-state index in [0.717, 1.165) is 5.56 Å². The molecule has 1 atom stereocenters. The Hall–Kier alpha value is -1.84. The molecule has 17 heavy (non-hydrogen) atoms. The summed E-state index contributed by atoms with van der Waals surface area (Å²) in [6.45, 7) is 1.69. The highest BCUT2D eigenvalue weighted by Crippen LogP contribution is 2.20. The van der Waals surface area contributed by atoms with Crippen LogP contribution in [-0.2, 0) is 20.7 Å². The number of methoxy groups -OCH3 is 1. The molecular weight excluding hydrogens is 218 g/mol. The van der Waals surface area contributed by atoms with Crippen LogP contribution in [0.15, 0.2) is 30.3 Å². The van der Waals surface area contributed by atoms with Gasteiger partial charge in [0.2, 0.25) is 6.41 Å². The molecule has 0 aliphatic rings. The molecule has 0 radical (unpaired) electrons. The number of benzene rings is 1. The first-order valence-corrected chi connectivity index (χ1v) is 5.35. The van der Waals surface area contributed by atoms with Crippen molar-refractivity contribution in [2.24, 2.45) is 0 Å². The van der Waals surface area contributed by atoms with E-state index >= 15 is 0 Å². The molecule has 0 bridgehead atoms. The second-order valence-corrected chi connectivity index (χ2v) is 4.14. The topological polar surface area (TPSA) is 46.6 Å². The molecule has 0 N–H and O–H groups in total. The number of carbonyl (C=O) groups excluding carboxylic acids is 2. The molecule has 92 valence electrons. The fourth-order valence-electron chi connectivity index (χ4n) is 1.67. The molecule has 0 saturated carbocycles. The Morgan fingerprint density at radius 1 is 1.41 bits per heavy atom. The van der Waals surface area contributed by atoms with E-state index in [1.54, 1.807) is 14.0 Å². The molecule has 1 rings (SSSR count). The molecular formula is C13H17NO3. The van der Waals surface area contributed by atoms with Crippen LogP contribution in [0.3, 0.4) is 0 Å². The van der Waals surface area contributed by atoms with Crippen molar-refractivity contribution in [1.29, 1.82) is 0 Å². The minimum absolute atomic E-state index is 0.420. The second-order valence-electron chi connectivity index (χ2n) is 4.14. The van der Waals surface area contributed by atoms with E-state index in [-0.39, 0.29) is 0 Å². The standard InChI is InChI=1S/C13H17NO3/c1-13(12(16)17-3,14(2)10-15)9-11-7-5-4-6-8-11/h4-8,10H,9H2,1-3H3. The summed E-state index contributed by atoms with van der Waals surface area (Å²) in [4.78, 5) is 24.0. The average Bonchev–Trinajstić information content (AvgIpc) is 2.37. The van der Waals surface area contributed by atoms with Crippen LogP contribution in [0.4, 0.5) is 0 Å². The van der Waals surface area contributed by atoms with Crippen molar-refractivity contribution in [3.05, 3.63) is 35.9 Å². The van der Waals surface area contributed by atoms with Crippen molar-refractivity contribution in [1.82, 2.24) is 4.90 Å². The van der Waals surface area contributed by atoms with E-state index in [0.29, 0.717) is 12.8 Å². The predicted octanol–water partition coefficient (Wildman–Crippen LogP) is 1.25. The fourth-order valence-corrected chi connectivity index (χ4v) is 1.67. The quantitative estimate of drug-likeness (QED) is 0.570. The molecule has 4 heteroatoms. The van der Waals surface area contributed by atoms with Gasteiger partial charge in [0.1, 0.15) is 5.54 Å². The van der Waals surface area contributed by atoms with Gasteiger partial charge >= 0.3 is 5.97 Å². The molecule has 1 aromatic rings. The lowest BCUT2D eigenvalue weighted by Crippen LogP contribution is -2.52. The highest BCUT2D eigenvalue weighted by atomic mass is 16.5. The van der Waals surface area contributed by atoms with Gasteiger partial charge in [-0.2, -0.15) is 0 Å². The number of hydrogen-bond acceptors (Lipinski definition) is 3. The Bertz CT molecular complexity index is 391. The van der Waals surface area contributed by atoms with Crippen molar-refractivity contribution in [3.63, 3.8) is 0 Å². The lowest BCUT2D eigenvalue weighted by Gasteiger charge is -2.33. The van der Waals surface area contributed by atoms with Gasteiger partial charge in [-0.05, 0) is 12.5 Å². The molecule has 0 aliphatic carbocycles. The summed E-state index contributed by atoms with van der Waals surface area (Å²) in [5.74, 6) is -0.420. The van der Waals surface area contributed by atoms with Crippen LogP contribution in [0.5, 0.6) is 0 Å². The van der Waals surface area contributed by atoms with E-state index in [4.69, 9.17) is 4.74 Å². The number of rotatable bonds is 5. The Morgan fingerprint density at radius 3 is 2.47 bits per heavy atom.